The number of halogens is 5. The summed E-state index contributed by atoms with van der Waals surface area (Å²) in [5.41, 5.74) is -1.09. The van der Waals surface area contributed by atoms with Crippen LogP contribution in [0.5, 0.6) is 5.75 Å². The van der Waals surface area contributed by atoms with Crippen molar-refractivity contribution in [2.75, 3.05) is 13.2 Å². The number of nitrogens with one attached hydrogen (secondary N) is 1. The Kier molecular flexibility index (Phi) is 6.41. The SMILES string of the molecule is O=S(=O)(NCC#CCOc1ccc(F)cc1F)c1cccc(C(F)(F)F)c1. The fourth-order valence-electron chi connectivity index (χ4n) is 1.87. The van der Waals surface area contributed by atoms with Crippen LogP contribution < -0.4 is 9.46 Å². The zero-order valence-electron chi connectivity index (χ0n) is 13.5. The van der Waals surface area contributed by atoms with Gasteiger partial charge >= 0.3 is 6.18 Å². The number of hydrogen-bond acceptors (Lipinski definition) is 3. The molecule has 0 bridgehead atoms. The number of benzene rings is 2. The highest BCUT2D eigenvalue weighted by Gasteiger charge is 2.31. The summed E-state index contributed by atoms with van der Waals surface area (Å²) >= 11 is 0. The Hall–Kier alpha value is -2.64. The second-order valence-corrected chi connectivity index (χ2v) is 6.83. The third-order valence-electron chi connectivity index (χ3n) is 3.14. The van der Waals surface area contributed by atoms with Crippen molar-refractivity contribution in [1.82, 2.24) is 4.72 Å². The molecule has 144 valence electrons. The number of alkyl halides is 3. The molecule has 1 N–H and O–H groups in total. The molecule has 0 amide bonds. The van der Waals surface area contributed by atoms with E-state index in [-0.39, 0.29) is 12.4 Å². The Balaban J connectivity index is 1.92. The van der Waals surface area contributed by atoms with E-state index in [1.54, 1.807) is 0 Å². The van der Waals surface area contributed by atoms with Crippen molar-refractivity contribution in [3.05, 3.63) is 59.7 Å². The van der Waals surface area contributed by atoms with Gasteiger partial charge in [-0.1, -0.05) is 17.9 Å². The molecule has 2 rings (SSSR count). The van der Waals surface area contributed by atoms with Gasteiger partial charge in [0.25, 0.3) is 0 Å². The minimum Gasteiger partial charge on any atom is -0.478 e. The van der Waals surface area contributed by atoms with Crippen LogP contribution in [-0.2, 0) is 16.2 Å². The van der Waals surface area contributed by atoms with Crippen molar-refractivity contribution < 1.29 is 35.1 Å². The molecule has 0 heterocycles. The molecule has 4 nitrogen and oxygen atoms in total. The second-order valence-electron chi connectivity index (χ2n) is 5.07. The number of ether oxygens (including phenoxy) is 1. The maximum Gasteiger partial charge on any atom is 0.416 e. The van der Waals surface area contributed by atoms with Gasteiger partial charge in [-0.3, -0.25) is 0 Å². The van der Waals surface area contributed by atoms with Crippen molar-refractivity contribution >= 4 is 10.0 Å². The molecular weight excluding hydrogens is 393 g/mol. The highest BCUT2D eigenvalue weighted by atomic mass is 32.2. The van der Waals surface area contributed by atoms with E-state index in [9.17, 15) is 30.4 Å². The minimum atomic E-state index is -4.67. The summed E-state index contributed by atoms with van der Waals surface area (Å²) in [6.07, 6.45) is -4.67. The van der Waals surface area contributed by atoms with E-state index in [0.717, 1.165) is 30.3 Å². The van der Waals surface area contributed by atoms with E-state index in [1.165, 1.54) is 0 Å². The lowest BCUT2D eigenvalue weighted by Gasteiger charge is -2.09. The van der Waals surface area contributed by atoms with Crippen LogP contribution in [0.1, 0.15) is 5.56 Å². The lowest BCUT2D eigenvalue weighted by molar-refractivity contribution is -0.137. The third kappa shape index (κ3) is 5.94. The summed E-state index contributed by atoms with van der Waals surface area (Å²) in [4.78, 5) is -0.552. The molecule has 0 atom stereocenters. The van der Waals surface area contributed by atoms with Gasteiger partial charge in [0.2, 0.25) is 10.0 Å². The van der Waals surface area contributed by atoms with E-state index in [0.29, 0.717) is 12.1 Å². The third-order valence-corrected chi connectivity index (χ3v) is 4.54. The largest absolute Gasteiger partial charge is 0.478 e. The molecule has 0 aliphatic rings. The fourth-order valence-corrected chi connectivity index (χ4v) is 2.84. The van der Waals surface area contributed by atoms with Crippen LogP contribution in [0.4, 0.5) is 22.0 Å². The molecule has 0 saturated heterocycles. The highest BCUT2D eigenvalue weighted by Crippen LogP contribution is 2.30. The summed E-state index contributed by atoms with van der Waals surface area (Å²) in [5.74, 6) is 2.86. The highest BCUT2D eigenvalue weighted by molar-refractivity contribution is 7.89. The van der Waals surface area contributed by atoms with E-state index in [4.69, 9.17) is 4.74 Å². The standard InChI is InChI=1S/C17H12F5NO3S/c18-13-6-7-16(15(19)11-13)26-9-2-1-8-23-27(24,25)14-5-3-4-12(10-14)17(20,21)22/h3-7,10-11,23H,8-9H2. The molecule has 27 heavy (non-hydrogen) atoms. The van der Waals surface area contributed by atoms with Crippen molar-refractivity contribution in [3.63, 3.8) is 0 Å². The van der Waals surface area contributed by atoms with Gasteiger partial charge in [0.05, 0.1) is 17.0 Å². The molecule has 2 aromatic carbocycles. The average molecular weight is 405 g/mol. The summed E-state index contributed by atoms with van der Waals surface area (Å²) < 4.78 is 94.9. The first kappa shape index (κ1) is 20.7. The van der Waals surface area contributed by atoms with Crippen molar-refractivity contribution in [2.45, 2.75) is 11.1 Å². The zero-order chi connectivity index (χ0) is 20.1. The topological polar surface area (TPSA) is 55.4 Å². The van der Waals surface area contributed by atoms with Crippen LogP contribution >= 0.6 is 0 Å². The zero-order valence-corrected chi connectivity index (χ0v) is 14.3. The second kappa shape index (κ2) is 8.37. The quantitative estimate of drug-likeness (QED) is 0.613. The molecular formula is C17H12F5NO3S. The van der Waals surface area contributed by atoms with Crippen LogP contribution in [0.3, 0.4) is 0 Å². The monoisotopic (exact) mass is 405 g/mol. The lowest BCUT2D eigenvalue weighted by atomic mass is 10.2. The van der Waals surface area contributed by atoms with Crippen molar-refractivity contribution in [2.24, 2.45) is 0 Å². The van der Waals surface area contributed by atoms with E-state index >= 15 is 0 Å². The average Bonchev–Trinajstić information content (AvgIpc) is 2.59. The van der Waals surface area contributed by atoms with E-state index in [2.05, 4.69) is 11.8 Å². The molecule has 0 spiro atoms. The molecule has 0 fully saturated rings. The predicted molar refractivity (Wildman–Crippen MR) is 86.3 cm³/mol. The molecule has 0 radical (unpaired) electrons. The Labute approximate surface area is 152 Å². The van der Waals surface area contributed by atoms with Gasteiger partial charge in [-0.2, -0.15) is 17.9 Å². The summed E-state index contributed by atoms with van der Waals surface area (Å²) in [7, 11) is -4.19. The predicted octanol–water partition coefficient (Wildman–Crippen LogP) is 3.34. The Morgan fingerprint density at radius 2 is 1.78 bits per heavy atom. The van der Waals surface area contributed by atoms with Crippen LogP contribution in [-0.4, -0.2) is 21.6 Å². The van der Waals surface area contributed by atoms with Gasteiger partial charge in [0, 0.05) is 6.07 Å². The molecule has 0 aliphatic carbocycles. The number of rotatable bonds is 5. The minimum absolute atomic E-state index is 0.227. The summed E-state index contributed by atoms with van der Waals surface area (Å²) in [6.45, 7) is -0.693. The Morgan fingerprint density at radius 1 is 1.04 bits per heavy atom. The molecule has 0 aromatic heterocycles. The smallest absolute Gasteiger partial charge is 0.416 e. The van der Waals surface area contributed by atoms with Gasteiger partial charge in [-0.25, -0.2) is 17.2 Å². The molecule has 10 heteroatoms. The molecule has 0 aliphatic heterocycles. The normalized spacial score (nSPS) is 11.6. The molecule has 0 unspecified atom stereocenters. The maximum atomic E-state index is 13.3. The van der Waals surface area contributed by atoms with E-state index < -0.39 is 44.8 Å². The lowest BCUT2D eigenvalue weighted by Crippen LogP contribution is -2.24. The first-order valence-corrected chi connectivity index (χ1v) is 8.78. The van der Waals surface area contributed by atoms with Gasteiger partial charge in [-0.15, -0.1) is 0 Å². The van der Waals surface area contributed by atoms with Gasteiger partial charge in [-0.05, 0) is 30.3 Å². The number of sulfonamides is 1. The van der Waals surface area contributed by atoms with E-state index in [1.807, 2.05) is 4.72 Å². The van der Waals surface area contributed by atoms with Crippen molar-refractivity contribution in [3.8, 4) is 17.6 Å². The molecule has 0 saturated carbocycles. The van der Waals surface area contributed by atoms with Gasteiger partial charge in [0.1, 0.15) is 12.4 Å². The van der Waals surface area contributed by atoms with Gasteiger partial charge < -0.3 is 4.74 Å². The Morgan fingerprint density at radius 3 is 2.44 bits per heavy atom. The first-order valence-electron chi connectivity index (χ1n) is 7.30. The summed E-state index contributed by atoms with van der Waals surface area (Å²) in [6, 6.07) is 5.96. The number of hydrogen-bond donors (Lipinski definition) is 1. The Bertz CT molecular complexity index is 978. The fraction of sp³-hybridized carbons (Fsp3) is 0.176. The first-order chi connectivity index (χ1) is 12.6. The maximum absolute atomic E-state index is 13.3. The van der Waals surface area contributed by atoms with Crippen LogP contribution in [0.25, 0.3) is 0 Å². The summed E-state index contributed by atoms with van der Waals surface area (Å²) in [5, 5.41) is 0. The van der Waals surface area contributed by atoms with Crippen LogP contribution in [0, 0.1) is 23.5 Å². The van der Waals surface area contributed by atoms with Crippen molar-refractivity contribution in [1.29, 1.82) is 0 Å². The van der Waals surface area contributed by atoms with Gasteiger partial charge in [0.15, 0.2) is 11.6 Å². The van der Waals surface area contributed by atoms with Crippen LogP contribution in [0.15, 0.2) is 47.4 Å². The molecule has 2 aromatic rings. The van der Waals surface area contributed by atoms with Crippen LogP contribution in [0.2, 0.25) is 0 Å².